The van der Waals surface area contributed by atoms with Crippen molar-refractivity contribution in [1.29, 1.82) is 0 Å². The molecule has 2 atom stereocenters. The molecule has 0 bridgehead atoms. The Morgan fingerprint density at radius 1 is 1.50 bits per heavy atom. The van der Waals surface area contributed by atoms with Crippen molar-refractivity contribution in [2.75, 3.05) is 20.1 Å². The standard InChI is InChI=1S/C13H17ClN2O2/c1-8-3-4-9(10(14)5-8)13(18)16(2)11-6-15-7-12(11)17/h3-5,11-12,15,17H,6-7H2,1-2H3/t11-,12-/m1/s1. The quantitative estimate of drug-likeness (QED) is 0.843. The maximum atomic E-state index is 12.3. The number of aliphatic hydroxyl groups is 1. The summed E-state index contributed by atoms with van der Waals surface area (Å²) < 4.78 is 0. The normalized spacial score (nSPS) is 23.1. The molecule has 1 fully saturated rings. The Bertz CT molecular complexity index is 464. The lowest BCUT2D eigenvalue weighted by Crippen LogP contribution is -2.44. The minimum absolute atomic E-state index is 0.159. The van der Waals surface area contributed by atoms with Crippen molar-refractivity contribution < 1.29 is 9.90 Å². The molecule has 5 heteroatoms. The van der Waals surface area contributed by atoms with Crippen LogP contribution < -0.4 is 5.32 Å². The van der Waals surface area contributed by atoms with E-state index in [1.165, 1.54) is 0 Å². The van der Waals surface area contributed by atoms with Gasteiger partial charge in [-0.15, -0.1) is 0 Å². The Morgan fingerprint density at radius 2 is 2.22 bits per heavy atom. The second kappa shape index (κ2) is 5.26. The van der Waals surface area contributed by atoms with Crippen LogP contribution in [0.15, 0.2) is 18.2 Å². The molecule has 2 N–H and O–H groups in total. The summed E-state index contributed by atoms with van der Waals surface area (Å²) in [7, 11) is 1.69. The predicted molar refractivity (Wildman–Crippen MR) is 70.9 cm³/mol. The van der Waals surface area contributed by atoms with Gasteiger partial charge in [0.1, 0.15) is 0 Å². The summed E-state index contributed by atoms with van der Waals surface area (Å²) in [5.74, 6) is -0.159. The van der Waals surface area contributed by atoms with Gasteiger partial charge >= 0.3 is 0 Å². The largest absolute Gasteiger partial charge is 0.390 e. The first kappa shape index (κ1) is 13.3. The van der Waals surface area contributed by atoms with Gasteiger partial charge in [-0.2, -0.15) is 0 Å². The molecule has 1 heterocycles. The highest BCUT2D eigenvalue weighted by molar-refractivity contribution is 6.33. The molecule has 0 saturated carbocycles. The van der Waals surface area contributed by atoms with E-state index in [-0.39, 0.29) is 11.9 Å². The molecule has 1 aromatic carbocycles. The molecule has 0 aliphatic carbocycles. The topological polar surface area (TPSA) is 52.6 Å². The fourth-order valence-electron chi connectivity index (χ4n) is 2.18. The number of halogens is 1. The molecule has 1 aliphatic heterocycles. The van der Waals surface area contributed by atoms with E-state index in [0.717, 1.165) is 5.56 Å². The number of hydrogen-bond donors (Lipinski definition) is 2. The highest BCUT2D eigenvalue weighted by atomic mass is 35.5. The number of carbonyl (C=O) groups excluding carboxylic acids is 1. The average molecular weight is 269 g/mol. The molecule has 0 spiro atoms. The number of β-amino-alcohol motifs (C(OH)–C–C–N with tert-alkyl or cyclic N) is 1. The Balaban J connectivity index is 2.20. The highest BCUT2D eigenvalue weighted by Crippen LogP contribution is 2.20. The van der Waals surface area contributed by atoms with Crippen LogP contribution in [0.1, 0.15) is 15.9 Å². The van der Waals surface area contributed by atoms with Gasteiger partial charge in [0, 0.05) is 20.1 Å². The summed E-state index contributed by atoms with van der Waals surface area (Å²) in [4.78, 5) is 13.9. The third kappa shape index (κ3) is 2.51. The molecule has 0 unspecified atom stereocenters. The van der Waals surface area contributed by atoms with Gasteiger partial charge in [-0.3, -0.25) is 4.79 Å². The van der Waals surface area contributed by atoms with Crippen LogP contribution in [0.5, 0.6) is 0 Å². The van der Waals surface area contributed by atoms with Gasteiger partial charge in [-0.05, 0) is 24.6 Å². The first-order valence-electron chi connectivity index (χ1n) is 5.93. The first-order valence-corrected chi connectivity index (χ1v) is 6.30. The van der Waals surface area contributed by atoms with Gasteiger partial charge in [-0.25, -0.2) is 0 Å². The molecule has 0 radical (unpaired) electrons. The smallest absolute Gasteiger partial charge is 0.255 e. The van der Waals surface area contributed by atoms with E-state index in [4.69, 9.17) is 11.6 Å². The van der Waals surface area contributed by atoms with Crippen LogP contribution in [0.25, 0.3) is 0 Å². The van der Waals surface area contributed by atoms with E-state index < -0.39 is 6.10 Å². The number of carbonyl (C=O) groups is 1. The number of aliphatic hydroxyl groups excluding tert-OH is 1. The molecule has 0 aromatic heterocycles. The molecule has 1 aromatic rings. The number of amides is 1. The number of nitrogens with zero attached hydrogens (tertiary/aromatic N) is 1. The predicted octanol–water partition coefficient (Wildman–Crippen LogP) is 1.05. The van der Waals surface area contributed by atoms with Gasteiger partial charge in [0.05, 0.1) is 22.7 Å². The fraction of sp³-hybridized carbons (Fsp3) is 0.462. The molecule has 1 amide bonds. The van der Waals surface area contributed by atoms with Crippen LogP contribution in [-0.2, 0) is 0 Å². The number of likely N-dealkylation sites (N-methyl/N-ethyl adjacent to an activating group) is 1. The molecule has 1 saturated heterocycles. The van der Waals surface area contributed by atoms with Gasteiger partial charge in [0.25, 0.3) is 5.91 Å². The molecule has 18 heavy (non-hydrogen) atoms. The summed E-state index contributed by atoms with van der Waals surface area (Å²) in [6.07, 6.45) is -0.525. The summed E-state index contributed by atoms with van der Waals surface area (Å²) in [5, 5.41) is 13.3. The van der Waals surface area contributed by atoms with Crippen molar-refractivity contribution in [2.45, 2.75) is 19.1 Å². The number of nitrogens with one attached hydrogen (secondary N) is 1. The lowest BCUT2D eigenvalue weighted by Gasteiger charge is -2.26. The first-order chi connectivity index (χ1) is 8.50. The zero-order chi connectivity index (χ0) is 13.3. The van der Waals surface area contributed by atoms with Crippen LogP contribution in [-0.4, -0.2) is 48.2 Å². The van der Waals surface area contributed by atoms with Crippen molar-refractivity contribution in [3.8, 4) is 0 Å². The second-order valence-electron chi connectivity index (χ2n) is 4.69. The van der Waals surface area contributed by atoms with Crippen molar-refractivity contribution in [3.63, 3.8) is 0 Å². The number of aryl methyl sites for hydroxylation is 1. The van der Waals surface area contributed by atoms with Gasteiger partial charge in [0.15, 0.2) is 0 Å². The van der Waals surface area contributed by atoms with Crippen LogP contribution >= 0.6 is 11.6 Å². The summed E-state index contributed by atoms with van der Waals surface area (Å²) in [6.45, 7) is 3.05. The molecule has 4 nitrogen and oxygen atoms in total. The van der Waals surface area contributed by atoms with Crippen molar-refractivity contribution >= 4 is 17.5 Å². The maximum absolute atomic E-state index is 12.3. The molecular weight excluding hydrogens is 252 g/mol. The second-order valence-corrected chi connectivity index (χ2v) is 5.10. The zero-order valence-electron chi connectivity index (χ0n) is 10.5. The molecule has 98 valence electrons. The summed E-state index contributed by atoms with van der Waals surface area (Å²) in [6, 6.07) is 5.16. The van der Waals surface area contributed by atoms with Gasteiger partial charge in [0.2, 0.25) is 0 Å². The summed E-state index contributed by atoms with van der Waals surface area (Å²) >= 11 is 6.09. The van der Waals surface area contributed by atoms with E-state index in [1.54, 1.807) is 24.1 Å². The van der Waals surface area contributed by atoms with Crippen LogP contribution in [0.4, 0.5) is 0 Å². The average Bonchev–Trinajstić information content (AvgIpc) is 2.74. The van der Waals surface area contributed by atoms with E-state index in [1.807, 2.05) is 13.0 Å². The number of rotatable bonds is 2. The van der Waals surface area contributed by atoms with Crippen LogP contribution in [0.3, 0.4) is 0 Å². The Kier molecular flexibility index (Phi) is 3.90. The monoisotopic (exact) mass is 268 g/mol. The summed E-state index contributed by atoms with van der Waals surface area (Å²) in [5.41, 5.74) is 1.49. The van der Waals surface area contributed by atoms with E-state index in [0.29, 0.717) is 23.7 Å². The molecular formula is C13H17ClN2O2. The Labute approximate surface area is 112 Å². The maximum Gasteiger partial charge on any atom is 0.255 e. The lowest BCUT2D eigenvalue weighted by atomic mass is 10.1. The fourth-order valence-corrected chi connectivity index (χ4v) is 2.50. The minimum atomic E-state index is -0.525. The van der Waals surface area contributed by atoms with Gasteiger partial charge < -0.3 is 15.3 Å². The van der Waals surface area contributed by atoms with Crippen molar-refractivity contribution in [3.05, 3.63) is 34.3 Å². The molecule has 1 aliphatic rings. The third-order valence-electron chi connectivity index (χ3n) is 3.32. The van der Waals surface area contributed by atoms with Crippen LogP contribution in [0.2, 0.25) is 5.02 Å². The minimum Gasteiger partial charge on any atom is -0.390 e. The number of benzene rings is 1. The van der Waals surface area contributed by atoms with E-state index in [2.05, 4.69) is 5.32 Å². The zero-order valence-corrected chi connectivity index (χ0v) is 11.2. The van der Waals surface area contributed by atoms with Gasteiger partial charge in [-0.1, -0.05) is 17.7 Å². The Hall–Kier alpha value is -1.10. The molecule has 2 rings (SSSR count). The van der Waals surface area contributed by atoms with Crippen molar-refractivity contribution in [2.24, 2.45) is 0 Å². The number of hydrogen-bond acceptors (Lipinski definition) is 3. The SMILES string of the molecule is Cc1ccc(C(=O)N(C)[C@@H]2CNC[C@H]2O)c(Cl)c1. The van der Waals surface area contributed by atoms with E-state index in [9.17, 15) is 9.90 Å². The van der Waals surface area contributed by atoms with Crippen LogP contribution in [0, 0.1) is 6.92 Å². The Morgan fingerprint density at radius 3 is 2.78 bits per heavy atom. The van der Waals surface area contributed by atoms with E-state index >= 15 is 0 Å². The highest BCUT2D eigenvalue weighted by Gasteiger charge is 2.32. The van der Waals surface area contributed by atoms with Crippen molar-refractivity contribution in [1.82, 2.24) is 10.2 Å². The third-order valence-corrected chi connectivity index (χ3v) is 3.64. The lowest BCUT2D eigenvalue weighted by molar-refractivity contribution is 0.0581.